The van der Waals surface area contributed by atoms with Crippen molar-refractivity contribution in [2.75, 3.05) is 32.8 Å². The molecule has 3 rings (SSSR count). The quantitative estimate of drug-likeness (QED) is 0.864. The summed E-state index contributed by atoms with van der Waals surface area (Å²) in [5.41, 5.74) is 0. The zero-order chi connectivity index (χ0) is 16.8. The van der Waals surface area contributed by atoms with E-state index in [0.717, 1.165) is 57.5 Å². The van der Waals surface area contributed by atoms with E-state index in [-0.39, 0.29) is 0 Å². The predicted molar refractivity (Wildman–Crippen MR) is 93.0 cm³/mol. The van der Waals surface area contributed by atoms with Crippen LogP contribution in [-0.2, 0) is 4.79 Å². The van der Waals surface area contributed by atoms with Gasteiger partial charge in [-0.25, -0.2) is 0 Å². The largest absolute Gasteiger partial charge is 0.491 e. The number of aliphatic hydroxyl groups is 1. The van der Waals surface area contributed by atoms with Gasteiger partial charge in [-0.05, 0) is 37.8 Å². The number of piperidine rings is 2. The third-order valence-corrected chi connectivity index (χ3v) is 5.01. The Labute approximate surface area is 144 Å². The van der Waals surface area contributed by atoms with Gasteiger partial charge >= 0.3 is 0 Å². The number of carbonyl (C=O) groups is 1. The topological polar surface area (TPSA) is 53.0 Å². The summed E-state index contributed by atoms with van der Waals surface area (Å²) in [6, 6.07) is 9.98. The molecule has 0 aromatic heterocycles. The van der Waals surface area contributed by atoms with Crippen molar-refractivity contribution in [2.24, 2.45) is 0 Å². The maximum atomic E-state index is 12.0. The number of ether oxygens (including phenoxy) is 1. The minimum absolute atomic E-state index is 0.314. The molecule has 2 aliphatic rings. The van der Waals surface area contributed by atoms with Gasteiger partial charge in [0.1, 0.15) is 18.5 Å². The summed E-state index contributed by atoms with van der Waals surface area (Å²) < 4.78 is 5.61. The number of β-amino-alcohol motifs (C(OH)–C–C–N with tert-alkyl or cyclic N) is 1. The highest BCUT2D eigenvalue weighted by Gasteiger charge is 2.29. The maximum absolute atomic E-state index is 12.0. The molecule has 5 nitrogen and oxygen atoms in total. The van der Waals surface area contributed by atoms with Gasteiger partial charge in [-0.1, -0.05) is 18.2 Å². The molecule has 1 atom stereocenters. The minimum Gasteiger partial charge on any atom is -0.491 e. The first-order valence-electron chi connectivity index (χ1n) is 9.10. The van der Waals surface area contributed by atoms with E-state index >= 15 is 0 Å². The van der Waals surface area contributed by atoms with Crippen molar-refractivity contribution in [1.82, 2.24) is 9.80 Å². The Hall–Kier alpha value is -1.59. The number of para-hydroxylation sites is 1. The van der Waals surface area contributed by atoms with Crippen molar-refractivity contribution in [2.45, 2.75) is 44.2 Å². The molecule has 24 heavy (non-hydrogen) atoms. The lowest BCUT2D eigenvalue weighted by Crippen LogP contribution is -2.50. The lowest BCUT2D eigenvalue weighted by atomic mass is 9.99. The van der Waals surface area contributed by atoms with Crippen LogP contribution in [0.25, 0.3) is 0 Å². The van der Waals surface area contributed by atoms with Crippen molar-refractivity contribution in [3.63, 3.8) is 0 Å². The first kappa shape index (κ1) is 17.2. The van der Waals surface area contributed by atoms with Crippen LogP contribution < -0.4 is 4.74 Å². The van der Waals surface area contributed by atoms with Crippen LogP contribution in [-0.4, -0.2) is 65.7 Å². The summed E-state index contributed by atoms with van der Waals surface area (Å²) in [6.45, 7) is 3.76. The molecule has 2 aliphatic heterocycles. The molecule has 1 aromatic rings. The van der Waals surface area contributed by atoms with Crippen molar-refractivity contribution in [3.05, 3.63) is 30.3 Å². The molecule has 0 aliphatic carbocycles. The standard InChI is InChI=1S/C19H28N2O3/c22-17(15-24-18-6-2-1-3-7-18)14-20-12-9-16(10-13-20)21-11-5-4-8-19(21)23/h1-3,6-7,16-17,22H,4-5,8-15H2. The Morgan fingerprint density at radius 2 is 1.88 bits per heavy atom. The summed E-state index contributed by atoms with van der Waals surface area (Å²) in [4.78, 5) is 16.4. The molecule has 5 heteroatoms. The van der Waals surface area contributed by atoms with E-state index < -0.39 is 6.10 Å². The fourth-order valence-electron chi connectivity index (χ4n) is 3.69. The number of hydrogen-bond acceptors (Lipinski definition) is 4. The van der Waals surface area contributed by atoms with E-state index in [1.807, 2.05) is 30.3 Å². The Balaban J connectivity index is 1.38. The molecule has 1 amide bonds. The molecular weight excluding hydrogens is 304 g/mol. The molecule has 0 radical (unpaired) electrons. The van der Waals surface area contributed by atoms with E-state index in [9.17, 15) is 9.90 Å². The average Bonchev–Trinajstić information content (AvgIpc) is 2.62. The molecular formula is C19H28N2O3. The van der Waals surface area contributed by atoms with E-state index in [0.29, 0.717) is 25.1 Å². The number of nitrogens with zero attached hydrogens (tertiary/aromatic N) is 2. The van der Waals surface area contributed by atoms with Crippen molar-refractivity contribution in [3.8, 4) is 5.75 Å². The Bertz CT molecular complexity index is 515. The molecule has 2 saturated heterocycles. The van der Waals surface area contributed by atoms with E-state index in [4.69, 9.17) is 4.74 Å². The number of aliphatic hydroxyl groups excluding tert-OH is 1. The van der Waals surface area contributed by atoms with Gasteiger partial charge in [0.25, 0.3) is 0 Å². The Morgan fingerprint density at radius 1 is 1.12 bits per heavy atom. The first-order valence-corrected chi connectivity index (χ1v) is 9.10. The SMILES string of the molecule is O=C1CCCCN1C1CCN(CC(O)COc2ccccc2)CC1. The zero-order valence-electron chi connectivity index (χ0n) is 14.3. The van der Waals surface area contributed by atoms with Crippen LogP contribution in [0.5, 0.6) is 5.75 Å². The fraction of sp³-hybridized carbons (Fsp3) is 0.632. The van der Waals surface area contributed by atoms with Crippen LogP contribution in [0.1, 0.15) is 32.1 Å². The Morgan fingerprint density at radius 3 is 2.58 bits per heavy atom. The number of carbonyl (C=O) groups excluding carboxylic acids is 1. The number of hydrogen-bond donors (Lipinski definition) is 1. The molecule has 2 heterocycles. The zero-order valence-corrected chi connectivity index (χ0v) is 14.3. The number of benzene rings is 1. The van der Waals surface area contributed by atoms with Gasteiger partial charge < -0.3 is 19.6 Å². The van der Waals surface area contributed by atoms with E-state index in [1.54, 1.807) is 0 Å². The molecule has 1 aromatic carbocycles. The second kappa shape index (κ2) is 8.49. The fourth-order valence-corrected chi connectivity index (χ4v) is 3.69. The second-order valence-electron chi connectivity index (χ2n) is 6.85. The highest BCUT2D eigenvalue weighted by Crippen LogP contribution is 2.22. The smallest absolute Gasteiger partial charge is 0.222 e. The van der Waals surface area contributed by atoms with Gasteiger partial charge in [-0.15, -0.1) is 0 Å². The lowest BCUT2D eigenvalue weighted by Gasteiger charge is -2.40. The molecule has 1 unspecified atom stereocenters. The Kier molecular flexibility index (Phi) is 6.10. The summed E-state index contributed by atoms with van der Waals surface area (Å²) in [5, 5.41) is 10.2. The van der Waals surface area contributed by atoms with Gasteiger partial charge in [0.05, 0.1) is 0 Å². The lowest BCUT2D eigenvalue weighted by molar-refractivity contribution is -0.136. The first-order chi connectivity index (χ1) is 11.7. The van der Waals surface area contributed by atoms with E-state index in [2.05, 4.69) is 9.80 Å². The van der Waals surface area contributed by atoms with Gasteiger partial charge in [0, 0.05) is 38.6 Å². The van der Waals surface area contributed by atoms with Crippen LogP contribution in [0.3, 0.4) is 0 Å². The third kappa shape index (κ3) is 4.71. The second-order valence-corrected chi connectivity index (χ2v) is 6.85. The monoisotopic (exact) mass is 332 g/mol. The highest BCUT2D eigenvalue weighted by molar-refractivity contribution is 5.77. The van der Waals surface area contributed by atoms with Gasteiger partial charge in [-0.3, -0.25) is 4.79 Å². The predicted octanol–water partition coefficient (Wildman–Crippen LogP) is 1.90. The molecule has 2 fully saturated rings. The number of rotatable bonds is 6. The molecule has 0 saturated carbocycles. The van der Waals surface area contributed by atoms with E-state index in [1.165, 1.54) is 0 Å². The van der Waals surface area contributed by atoms with Crippen LogP contribution in [0.15, 0.2) is 30.3 Å². The summed E-state index contributed by atoms with van der Waals surface area (Å²) in [5.74, 6) is 1.12. The van der Waals surface area contributed by atoms with Crippen molar-refractivity contribution >= 4 is 5.91 Å². The number of amides is 1. The van der Waals surface area contributed by atoms with Crippen LogP contribution in [0, 0.1) is 0 Å². The highest BCUT2D eigenvalue weighted by atomic mass is 16.5. The van der Waals surface area contributed by atoms with Gasteiger partial charge in [0.15, 0.2) is 0 Å². The molecule has 0 bridgehead atoms. The molecule has 1 N–H and O–H groups in total. The van der Waals surface area contributed by atoms with Crippen molar-refractivity contribution in [1.29, 1.82) is 0 Å². The number of likely N-dealkylation sites (tertiary alicyclic amines) is 2. The van der Waals surface area contributed by atoms with Gasteiger partial charge in [0.2, 0.25) is 5.91 Å². The van der Waals surface area contributed by atoms with Crippen LogP contribution >= 0.6 is 0 Å². The minimum atomic E-state index is -0.488. The van der Waals surface area contributed by atoms with Crippen molar-refractivity contribution < 1.29 is 14.6 Å². The summed E-state index contributed by atoms with van der Waals surface area (Å²) >= 11 is 0. The molecule has 0 spiro atoms. The summed E-state index contributed by atoms with van der Waals surface area (Å²) in [6.07, 6.45) is 4.44. The van der Waals surface area contributed by atoms with Crippen LogP contribution in [0.2, 0.25) is 0 Å². The third-order valence-electron chi connectivity index (χ3n) is 5.01. The average molecular weight is 332 g/mol. The molecule has 132 valence electrons. The normalized spacial score (nSPS) is 21.7. The van der Waals surface area contributed by atoms with Gasteiger partial charge in [-0.2, -0.15) is 0 Å². The van der Waals surface area contributed by atoms with Crippen LogP contribution in [0.4, 0.5) is 0 Å². The maximum Gasteiger partial charge on any atom is 0.222 e. The summed E-state index contributed by atoms with van der Waals surface area (Å²) in [7, 11) is 0.